The molecule has 0 spiro atoms. The summed E-state index contributed by atoms with van der Waals surface area (Å²) in [4.78, 5) is 74.4. The Labute approximate surface area is 562 Å². The summed E-state index contributed by atoms with van der Waals surface area (Å²) in [6.07, 6.45) is 22.6. The predicted octanol–water partition coefficient (Wildman–Crippen LogP) is 10.8. The van der Waals surface area contributed by atoms with Crippen LogP contribution < -0.4 is 20.9 Å². The van der Waals surface area contributed by atoms with Crippen LogP contribution in [-0.2, 0) is 54.4 Å². The number of fused-ring (bicyclic) bond motifs is 4. The van der Waals surface area contributed by atoms with Gasteiger partial charge in [0.2, 0.25) is 0 Å². The lowest BCUT2D eigenvalue weighted by atomic mass is 10.0. The zero-order valence-corrected chi connectivity index (χ0v) is 55.6. The fraction of sp³-hybridized carbons (Fsp3) is 0.217. The van der Waals surface area contributed by atoms with Crippen LogP contribution in [0.1, 0.15) is 107 Å². The van der Waals surface area contributed by atoms with Gasteiger partial charge in [0.15, 0.2) is 11.6 Å². The Kier molecular flexibility index (Phi) is 18.1. The fourth-order valence-corrected chi connectivity index (χ4v) is 11.9. The summed E-state index contributed by atoms with van der Waals surface area (Å²) >= 11 is 6.67. The van der Waals surface area contributed by atoms with Gasteiger partial charge in [0, 0.05) is 115 Å². The summed E-state index contributed by atoms with van der Waals surface area (Å²) in [6.45, 7) is 4.47. The van der Waals surface area contributed by atoms with Crippen LogP contribution in [0, 0.1) is 6.92 Å². The molecule has 0 atom stereocenters. The third kappa shape index (κ3) is 13.9. The Morgan fingerprint density at radius 3 is 1.32 bits per heavy atom. The van der Waals surface area contributed by atoms with Crippen LogP contribution in [0.15, 0.2) is 181 Å². The number of aromatic nitrogens is 16. The molecule has 4 amide bonds. The van der Waals surface area contributed by atoms with E-state index in [-0.39, 0.29) is 23.6 Å². The molecule has 8 aromatic heterocycles. The first kappa shape index (κ1) is 62.9. The Bertz CT molecular complexity index is 4740. The van der Waals surface area contributed by atoms with Gasteiger partial charge < -0.3 is 43.4 Å². The molecule has 6 aliphatic rings. The van der Waals surface area contributed by atoms with Crippen molar-refractivity contribution in [3.63, 3.8) is 0 Å². The number of rotatable bonds is 8. The van der Waals surface area contributed by atoms with Crippen LogP contribution in [0.5, 0.6) is 0 Å². The molecule has 4 aliphatic heterocycles. The number of carbonyl (C=O) groups is 4. The largest absolute Gasteiger partial charge is 0.348 e. The lowest BCUT2D eigenvalue weighted by Gasteiger charge is -2.15. The maximum absolute atomic E-state index is 13.2. The molecule has 0 bridgehead atoms. The average Bonchev–Trinajstić information content (AvgIpc) is 1.66. The topological polar surface area (TPSA) is 266 Å². The summed E-state index contributed by atoms with van der Waals surface area (Å²) in [6, 6.07) is 36.2. The van der Waals surface area contributed by atoms with Gasteiger partial charge in [-0.2, -0.15) is 0 Å². The van der Waals surface area contributed by atoms with Crippen LogP contribution in [-0.4, -0.2) is 101 Å². The van der Waals surface area contributed by atoms with Gasteiger partial charge in [-0.15, -0.1) is 20.4 Å². The first-order valence-electron chi connectivity index (χ1n) is 30.7. The summed E-state index contributed by atoms with van der Waals surface area (Å²) in [7, 11) is 7.80. The molecule has 12 aromatic rings. The van der Waals surface area contributed by atoms with E-state index >= 15 is 0 Å². The molecule has 95 heavy (non-hydrogen) atoms. The number of carbonyl (C=O) groups excluding carboxylic acids is 4. The molecule has 12 heterocycles. The SMILES string of the molecule is Brc1cccc(-c2nncn2C2CC2)n1.Cc1cncn1C.Cn1cncc1-c1ccc2c(c1)C(=O)N(c1cccc(-c3nncn3C3CC3)n1)C2.Cn1cncc1-c1ccc2c(c1)C(=O)NC2.Cn1cncc1-c1ccc2c(c1)C(=O)NC2.O=C1NCc2ccc(Br)cc21. The highest BCUT2D eigenvalue weighted by molar-refractivity contribution is 9.10. The zero-order chi connectivity index (χ0) is 65.9. The molecule has 24 nitrogen and oxygen atoms in total. The first-order valence-corrected chi connectivity index (χ1v) is 32.3. The second kappa shape index (κ2) is 27.4. The van der Waals surface area contributed by atoms with Crippen molar-refractivity contribution < 1.29 is 19.2 Å². The monoisotopic (exact) mass is 1390 g/mol. The van der Waals surface area contributed by atoms with Gasteiger partial charge in [0.25, 0.3) is 23.6 Å². The van der Waals surface area contributed by atoms with Crippen LogP contribution >= 0.6 is 31.9 Å². The summed E-state index contributed by atoms with van der Waals surface area (Å²) in [5.74, 6) is 2.25. The minimum Gasteiger partial charge on any atom is -0.348 e. The molecule has 2 aliphatic carbocycles. The van der Waals surface area contributed by atoms with Gasteiger partial charge in [-0.3, -0.25) is 24.1 Å². The quantitative estimate of drug-likeness (QED) is 0.120. The number of amides is 4. The standard InChI is InChI=1S/C22H19N7O.2C12H11N3O.C10H9BrN4.C8H6BrNO.C5H8N2/c1-27-12-23-10-19(27)14-5-6-15-11-28(22(30)17(15)9-14)20-4-2-3-18(25-20)21-26-24-13-29(21)16-7-8-16;2*1-15-7-13-6-11(15)8-2-3-9-5-14-12(16)10(9)4-8;11-9-3-1-2-8(13-9)10-14-12-6-15(10)7-4-5-7;9-6-2-1-5-4-10-8(11)7(5)3-6;1-5-3-6-4-7(5)2/h2-6,9-10,12-13,16H,7-8,11H2,1H3;2*2-4,6-7H,5H2,1H3,(H,14,16);1-3,6-7H,4-5H2;1-3H,4H2,(H,10,11);3-4H,1-2H3. The predicted molar refractivity (Wildman–Crippen MR) is 363 cm³/mol. The fourth-order valence-electron chi connectivity index (χ4n) is 11.2. The molecule has 0 unspecified atom stereocenters. The van der Waals surface area contributed by atoms with Crippen molar-refractivity contribution >= 4 is 61.3 Å². The van der Waals surface area contributed by atoms with Crippen molar-refractivity contribution in [1.82, 2.24) is 93.7 Å². The Morgan fingerprint density at radius 1 is 0.453 bits per heavy atom. The van der Waals surface area contributed by atoms with Crippen molar-refractivity contribution in [2.75, 3.05) is 4.90 Å². The van der Waals surface area contributed by atoms with Crippen LogP contribution in [0.3, 0.4) is 0 Å². The maximum atomic E-state index is 13.2. The third-order valence-corrected chi connectivity index (χ3v) is 17.8. The Morgan fingerprint density at radius 2 is 0.884 bits per heavy atom. The number of hydrogen-bond donors (Lipinski definition) is 3. The number of hydrogen-bond acceptors (Lipinski definition) is 14. The molecule has 2 saturated carbocycles. The molecule has 26 heteroatoms. The highest BCUT2D eigenvalue weighted by Crippen LogP contribution is 2.39. The number of pyridine rings is 2. The van der Waals surface area contributed by atoms with E-state index in [1.807, 2.05) is 169 Å². The van der Waals surface area contributed by atoms with Gasteiger partial charge in [-0.05, 0) is 125 Å². The number of halogens is 2. The van der Waals surface area contributed by atoms with Crippen LogP contribution in [0.25, 0.3) is 56.8 Å². The van der Waals surface area contributed by atoms with E-state index in [1.54, 1.807) is 61.5 Å². The number of benzene rings is 4. The molecule has 18 rings (SSSR count). The van der Waals surface area contributed by atoms with Gasteiger partial charge in [-0.1, -0.05) is 70.5 Å². The molecule has 4 aromatic carbocycles. The zero-order valence-electron chi connectivity index (χ0n) is 52.5. The van der Waals surface area contributed by atoms with E-state index in [0.717, 1.165) is 118 Å². The number of aryl methyl sites for hydroxylation is 5. The second-order valence-corrected chi connectivity index (χ2v) is 25.2. The summed E-state index contributed by atoms with van der Waals surface area (Å²) < 4.78 is 13.8. The van der Waals surface area contributed by atoms with Crippen molar-refractivity contribution in [2.24, 2.45) is 28.2 Å². The first-order chi connectivity index (χ1) is 46.1. The molecular formula is C69H64Br2N20O4. The van der Waals surface area contributed by atoms with Gasteiger partial charge >= 0.3 is 0 Å². The van der Waals surface area contributed by atoms with Gasteiger partial charge in [-0.25, -0.2) is 29.9 Å². The second-order valence-electron chi connectivity index (χ2n) is 23.5. The molecule has 3 N–H and O–H groups in total. The van der Waals surface area contributed by atoms with E-state index in [2.05, 4.69) is 102 Å². The lowest BCUT2D eigenvalue weighted by Crippen LogP contribution is -2.24. The highest BCUT2D eigenvalue weighted by atomic mass is 79.9. The highest BCUT2D eigenvalue weighted by Gasteiger charge is 2.32. The van der Waals surface area contributed by atoms with E-state index in [4.69, 9.17) is 4.98 Å². The van der Waals surface area contributed by atoms with Crippen LogP contribution in [0.2, 0.25) is 0 Å². The number of imidazole rings is 4. The number of anilines is 1. The molecule has 0 radical (unpaired) electrons. The van der Waals surface area contributed by atoms with Gasteiger partial charge in [0.1, 0.15) is 34.5 Å². The Hall–Kier alpha value is -10.9. The van der Waals surface area contributed by atoms with Crippen molar-refractivity contribution in [1.29, 1.82) is 0 Å². The summed E-state index contributed by atoms with van der Waals surface area (Å²) in [5, 5.41) is 24.8. The minimum atomic E-state index is -0.0395. The van der Waals surface area contributed by atoms with Crippen molar-refractivity contribution in [2.45, 2.75) is 70.9 Å². The van der Waals surface area contributed by atoms with E-state index in [0.29, 0.717) is 49.6 Å². The third-order valence-electron chi connectivity index (χ3n) is 16.9. The maximum Gasteiger partial charge on any atom is 0.260 e. The molecule has 2 fully saturated rings. The Balaban J connectivity index is 0.000000109. The average molecular weight is 1400 g/mol. The van der Waals surface area contributed by atoms with E-state index in [1.165, 1.54) is 18.5 Å². The smallest absolute Gasteiger partial charge is 0.260 e. The molecule has 478 valence electrons. The molecule has 0 saturated heterocycles. The normalized spacial score (nSPS) is 14.4. The van der Waals surface area contributed by atoms with Crippen LogP contribution in [0.4, 0.5) is 5.82 Å². The number of nitrogens with zero attached hydrogens (tertiary/aromatic N) is 17. The van der Waals surface area contributed by atoms with E-state index in [9.17, 15) is 19.2 Å². The molecular weight excluding hydrogens is 1330 g/mol. The van der Waals surface area contributed by atoms with E-state index < -0.39 is 0 Å². The van der Waals surface area contributed by atoms with Gasteiger partial charge in [0.05, 0.1) is 67.5 Å². The van der Waals surface area contributed by atoms with Crippen molar-refractivity contribution in [3.05, 3.63) is 231 Å². The lowest BCUT2D eigenvalue weighted by molar-refractivity contribution is 0.0957. The summed E-state index contributed by atoms with van der Waals surface area (Å²) in [5.41, 5.74) is 16.1. The minimum absolute atomic E-state index is 0.0130. The number of nitrogens with one attached hydrogen (secondary N) is 3. The van der Waals surface area contributed by atoms with Crippen molar-refractivity contribution in [3.8, 4) is 56.8 Å².